The lowest BCUT2D eigenvalue weighted by Crippen LogP contribution is -2.27. The van der Waals surface area contributed by atoms with Crippen LogP contribution in [0.1, 0.15) is 19.5 Å². The van der Waals surface area contributed by atoms with Crippen molar-refractivity contribution in [1.82, 2.24) is 4.98 Å². The number of aromatic nitrogens is 1. The lowest BCUT2D eigenvalue weighted by Gasteiger charge is -2.14. The van der Waals surface area contributed by atoms with Crippen LogP contribution in [0.15, 0.2) is 39.7 Å². The number of hydrogen-bond acceptors (Lipinski definition) is 5. The topological polar surface area (TPSA) is 86.1 Å². The zero-order valence-electron chi connectivity index (χ0n) is 13.6. The van der Waals surface area contributed by atoms with E-state index in [2.05, 4.69) is 26.2 Å². The maximum absolute atomic E-state index is 12.3. The monoisotopic (exact) mass is 418 g/mol. The number of thiazole rings is 1. The van der Waals surface area contributed by atoms with E-state index in [9.17, 15) is 14.9 Å². The van der Waals surface area contributed by atoms with Crippen molar-refractivity contribution in [2.24, 2.45) is 0 Å². The fraction of sp³-hybridized carbons (Fsp3) is 0.176. The summed E-state index contributed by atoms with van der Waals surface area (Å²) < 4.78 is 0.719. The highest BCUT2D eigenvalue weighted by Crippen LogP contribution is 2.24. The number of nitriles is 1. The van der Waals surface area contributed by atoms with Gasteiger partial charge >= 0.3 is 0 Å². The molecule has 0 saturated heterocycles. The molecule has 2 rings (SSSR count). The Hall–Kier alpha value is -2.50. The SMILES string of the molecule is CCN(C(C)=O)c1nc(C=C(C#N)C(=O)Nc2ccccc2Br)cs1. The van der Waals surface area contributed by atoms with Gasteiger partial charge in [0.05, 0.1) is 11.4 Å². The molecule has 0 saturated carbocycles. The molecule has 6 nitrogen and oxygen atoms in total. The molecule has 0 atom stereocenters. The van der Waals surface area contributed by atoms with Crippen LogP contribution in [0, 0.1) is 11.3 Å². The quantitative estimate of drug-likeness (QED) is 0.590. The van der Waals surface area contributed by atoms with Gasteiger partial charge in [0, 0.05) is 23.3 Å². The minimum Gasteiger partial charge on any atom is -0.320 e. The zero-order valence-corrected chi connectivity index (χ0v) is 16.0. The third-order valence-electron chi connectivity index (χ3n) is 3.22. The van der Waals surface area contributed by atoms with Crippen molar-refractivity contribution in [3.63, 3.8) is 0 Å². The molecule has 0 radical (unpaired) electrons. The van der Waals surface area contributed by atoms with E-state index in [0.29, 0.717) is 23.1 Å². The van der Waals surface area contributed by atoms with E-state index in [0.717, 1.165) is 4.47 Å². The predicted molar refractivity (Wildman–Crippen MR) is 102 cm³/mol. The number of carbonyl (C=O) groups excluding carboxylic acids is 2. The van der Waals surface area contributed by atoms with E-state index in [1.807, 2.05) is 19.1 Å². The van der Waals surface area contributed by atoms with Gasteiger partial charge in [0.15, 0.2) is 5.13 Å². The second kappa shape index (κ2) is 8.55. The highest BCUT2D eigenvalue weighted by molar-refractivity contribution is 9.10. The number of carbonyl (C=O) groups is 2. The van der Waals surface area contributed by atoms with E-state index in [1.54, 1.807) is 23.6 Å². The summed E-state index contributed by atoms with van der Waals surface area (Å²) >= 11 is 4.62. The molecule has 0 bridgehead atoms. The van der Waals surface area contributed by atoms with Crippen LogP contribution in [-0.2, 0) is 9.59 Å². The van der Waals surface area contributed by atoms with E-state index >= 15 is 0 Å². The predicted octanol–water partition coefficient (Wildman–Crippen LogP) is 3.82. The second-order valence-corrected chi connectivity index (χ2v) is 6.61. The van der Waals surface area contributed by atoms with Gasteiger partial charge in [-0.25, -0.2) is 4.98 Å². The van der Waals surface area contributed by atoms with Crippen molar-refractivity contribution in [1.29, 1.82) is 5.26 Å². The van der Waals surface area contributed by atoms with E-state index in [-0.39, 0.29) is 11.5 Å². The van der Waals surface area contributed by atoms with Gasteiger partial charge < -0.3 is 5.32 Å². The molecular formula is C17H15BrN4O2S. The first-order valence-electron chi connectivity index (χ1n) is 7.37. The molecular weight excluding hydrogens is 404 g/mol. The van der Waals surface area contributed by atoms with Gasteiger partial charge in [0.25, 0.3) is 5.91 Å². The van der Waals surface area contributed by atoms with Crippen LogP contribution < -0.4 is 10.2 Å². The van der Waals surface area contributed by atoms with Crippen molar-refractivity contribution in [2.75, 3.05) is 16.8 Å². The Morgan fingerprint density at radius 2 is 2.16 bits per heavy atom. The number of hydrogen-bond donors (Lipinski definition) is 1. The summed E-state index contributed by atoms with van der Waals surface area (Å²) in [6.07, 6.45) is 1.40. The van der Waals surface area contributed by atoms with Gasteiger partial charge in [0.2, 0.25) is 5.91 Å². The summed E-state index contributed by atoms with van der Waals surface area (Å²) in [5.74, 6) is -0.637. The molecule has 128 valence electrons. The fourth-order valence-corrected chi connectivity index (χ4v) is 3.28. The first kappa shape index (κ1) is 18.8. The van der Waals surface area contributed by atoms with Gasteiger partial charge in [-0.15, -0.1) is 11.3 Å². The number of nitrogens with zero attached hydrogens (tertiary/aromatic N) is 3. The van der Waals surface area contributed by atoms with Crippen molar-refractivity contribution < 1.29 is 9.59 Å². The summed E-state index contributed by atoms with van der Waals surface area (Å²) in [5, 5.41) is 14.2. The Labute approximate surface area is 157 Å². The first-order valence-corrected chi connectivity index (χ1v) is 9.04. The van der Waals surface area contributed by atoms with Gasteiger partial charge in [-0.1, -0.05) is 12.1 Å². The van der Waals surface area contributed by atoms with Crippen LogP contribution in [0.25, 0.3) is 6.08 Å². The number of para-hydroxylation sites is 1. The summed E-state index contributed by atoms with van der Waals surface area (Å²) in [6, 6.07) is 9.01. The zero-order chi connectivity index (χ0) is 18.4. The Morgan fingerprint density at radius 1 is 1.44 bits per heavy atom. The maximum Gasteiger partial charge on any atom is 0.266 e. The summed E-state index contributed by atoms with van der Waals surface area (Å²) in [6.45, 7) is 3.82. The standard InChI is InChI=1S/C17H15BrN4O2S/c1-3-22(11(2)23)17-20-13(10-25-17)8-12(9-19)16(24)21-15-7-5-4-6-14(15)18/h4-8,10H,3H2,1-2H3,(H,21,24). The van der Waals surface area contributed by atoms with Crippen molar-refractivity contribution >= 4 is 56.0 Å². The summed E-state index contributed by atoms with van der Waals surface area (Å²) in [5.41, 5.74) is 0.957. The molecule has 25 heavy (non-hydrogen) atoms. The third-order valence-corrected chi connectivity index (χ3v) is 4.79. The number of rotatable bonds is 5. The van der Waals surface area contributed by atoms with Gasteiger partial charge in [-0.05, 0) is 41.1 Å². The van der Waals surface area contributed by atoms with Crippen LogP contribution in [0.2, 0.25) is 0 Å². The fourth-order valence-electron chi connectivity index (χ4n) is 2.01. The molecule has 1 N–H and O–H groups in total. The molecule has 0 aliphatic rings. The Morgan fingerprint density at radius 3 is 2.76 bits per heavy atom. The number of halogens is 1. The normalized spacial score (nSPS) is 10.9. The molecule has 0 unspecified atom stereocenters. The van der Waals surface area contributed by atoms with Gasteiger partial charge in [-0.2, -0.15) is 5.26 Å². The molecule has 0 fully saturated rings. The first-order chi connectivity index (χ1) is 12.0. The molecule has 0 aliphatic carbocycles. The van der Waals surface area contributed by atoms with Crippen LogP contribution >= 0.6 is 27.3 Å². The van der Waals surface area contributed by atoms with E-state index in [1.165, 1.54) is 29.2 Å². The van der Waals surface area contributed by atoms with Crippen molar-refractivity contribution in [3.05, 3.63) is 45.4 Å². The molecule has 0 spiro atoms. The largest absolute Gasteiger partial charge is 0.320 e. The highest BCUT2D eigenvalue weighted by atomic mass is 79.9. The molecule has 1 aromatic heterocycles. The molecule has 0 aliphatic heterocycles. The van der Waals surface area contributed by atoms with Crippen LogP contribution in [-0.4, -0.2) is 23.3 Å². The maximum atomic E-state index is 12.3. The van der Waals surface area contributed by atoms with Crippen molar-refractivity contribution in [2.45, 2.75) is 13.8 Å². The number of anilines is 2. The summed E-state index contributed by atoms with van der Waals surface area (Å²) in [7, 11) is 0. The average molecular weight is 419 g/mol. The lowest BCUT2D eigenvalue weighted by molar-refractivity contribution is -0.116. The van der Waals surface area contributed by atoms with Crippen LogP contribution in [0.4, 0.5) is 10.8 Å². The lowest BCUT2D eigenvalue weighted by atomic mass is 10.2. The van der Waals surface area contributed by atoms with Crippen LogP contribution in [0.3, 0.4) is 0 Å². The van der Waals surface area contributed by atoms with Gasteiger partial charge in [0.1, 0.15) is 11.6 Å². The Balaban J connectivity index is 2.22. The van der Waals surface area contributed by atoms with E-state index < -0.39 is 5.91 Å². The van der Waals surface area contributed by atoms with Crippen molar-refractivity contribution in [3.8, 4) is 6.07 Å². The Kier molecular flexibility index (Phi) is 6.44. The smallest absolute Gasteiger partial charge is 0.266 e. The highest BCUT2D eigenvalue weighted by Gasteiger charge is 2.15. The molecule has 1 heterocycles. The number of amides is 2. The van der Waals surface area contributed by atoms with Crippen LogP contribution in [0.5, 0.6) is 0 Å². The minimum atomic E-state index is -0.525. The minimum absolute atomic E-state index is 0.0709. The number of nitrogens with one attached hydrogen (secondary N) is 1. The molecule has 8 heteroatoms. The third kappa shape index (κ3) is 4.75. The number of benzene rings is 1. The second-order valence-electron chi connectivity index (χ2n) is 4.92. The van der Waals surface area contributed by atoms with Gasteiger partial charge in [-0.3, -0.25) is 14.5 Å². The molecule has 2 aromatic rings. The summed E-state index contributed by atoms with van der Waals surface area (Å²) in [4.78, 5) is 29.7. The molecule has 2 amide bonds. The van der Waals surface area contributed by atoms with E-state index in [4.69, 9.17) is 0 Å². The average Bonchev–Trinajstić information content (AvgIpc) is 3.03. The molecule has 1 aromatic carbocycles. The Bertz CT molecular complexity index is 870.